The van der Waals surface area contributed by atoms with E-state index in [9.17, 15) is 9.50 Å². The van der Waals surface area contributed by atoms with Crippen LogP contribution in [0, 0.1) is 5.82 Å². The van der Waals surface area contributed by atoms with Gasteiger partial charge in [0.1, 0.15) is 5.82 Å². The lowest BCUT2D eigenvalue weighted by Crippen LogP contribution is -2.41. The highest BCUT2D eigenvalue weighted by Gasteiger charge is 2.27. The van der Waals surface area contributed by atoms with E-state index < -0.39 is 5.60 Å². The van der Waals surface area contributed by atoms with Crippen molar-refractivity contribution < 1.29 is 9.50 Å². The predicted octanol–water partition coefficient (Wildman–Crippen LogP) is 2.94. The van der Waals surface area contributed by atoms with Gasteiger partial charge in [-0.15, -0.1) is 0 Å². The summed E-state index contributed by atoms with van der Waals surface area (Å²) < 4.78 is 13.8. The zero-order valence-electron chi connectivity index (χ0n) is 9.92. The first kappa shape index (κ1) is 13.0. The van der Waals surface area contributed by atoms with Crippen molar-refractivity contribution in [1.29, 1.82) is 0 Å². The van der Waals surface area contributed by atoms with E-state index in [-0.39, 0.29) is 5.82 Å². The van der Waals surface area contributed by atoms with Crippen molar-refractivity contribution in [3.63, 3.8) is 0 Å². The Morgan fingerprint density at radius 1 is 1.41 bits per heavy atom. The molecular weight excluding hydrogens is 285 g/mol. The Hall–Kier alpha value is -0.450. The Labute approximate surface area is 110 Å². The molecule has 0 radical (unpaired) electrons. The van der Waals surface area contributed by atoms with Crippen molar-refractivity contribution >= 4 is 15.9 Å². The summed E-state index contributed by atoms with van der Waals surface area (Å²) >= 11 is 3.38. The van der Waals surface area contributed by atoms with Gasteiger partial charge >= 0.3 is 0 Å². The molecule has 0 saturated carbocycles. The fourth-order valence-corrected chi connectivity index (χ4v) is 2.56. The maximum atomic E-state index is 13.0. The molecule has 2 rings (SSSR count). The minimum absolute atomic E-state index is 0.220. The second-order valence-electron chi connectivity index (χ2n) is 5.01. The summed E-state index contributed by atoms with van der Waals surface area (Å²) in [7, 11) is 0. The smallest absolute Gasteiger partial charge is 0.124 e. The van der Waals surface area contributed by atoms with Gasteiger partial charge in [-0.3, -0.25) is 4.90 Å². The maximum Gasteiger partial charge on any atom is 0.124 e. The van der Waals surface area contributed by atoms with Gasteiger partial charge < -0.3 is 5.11 Å². The largest absolute Gasteiger partial charge is 0.390 e. The number of nitrogens with zero attached hydrogens (tertiary/aromatic N) is 1. The molecule has 1 saturated heterocycles. The monoisotopic (exact) mass is 301 g/mol. The molecule has 0 atom stereocenters. The van der Waals surface area contributed by atoms with Gasteiger partial charge in [0.15, 0.2) is 0 Å². The summed E-state index contributed by atoms with van der Waals surface area (Å²) in [6, 6.07) is 4.79. The number of hydrogen-bond acceptors (Lipinski definition) is 2. The summed E-state index contributed by atoms with van der Waals surface area (Å²) in [5.74, 6) is -0.220. The molecule has 0 aromatic heterocycles. The van der Waals surface area contributed by atoms with Crippen LogP contribution in [0.3, 0.4) is 0 Å². The van der Waals surface area contributed by atoms with E-state index in [1.807, 2.05) is 13.0 Å². The van der Waals surface area contributed by atoms with Crippen molar-refractivity contribution in [1.82, 2.24) is 4.90 Å². The molecule has 17 heavy (non-hydrogen) atoms. The average Bonchev–Trinajstić information content (AvgIpc) is 2.25. The Morgan fingerprint density at radius 3 is 2.65 bits per heavy atom. The molecule has 1 heterocycles. The van der Waals surface area contributed by atoms with Crippen LogP contribution in [0.25, 0.3) is 0 Å². The van der Waals surface area contributed by atoms with E-state index in [0.717, 1.165) is 42.5 Å². The third-order valence-corrected chi connectivity index (χ3v) is 4.08. The van der Waals surface area contributed by atoms with Crippen LogP contribution in [0.15, 0.2) is 22.7 Å². The first-order chi connectivity index (χ1) is 7.96. The van der Waals surface area contributed by atoms with E-state index in [1.165, 1.54) is 12.1 Å². The zero-order chi connectivity index (χ0) is 12.5. The molecule has 0 unspecified atom stereocenters. The van der Waals surface area contributed by atoms with E-state index in [4.69, 9.17) is 0 Å². The molecule has 1 N–H and O–H groups in total. The molecule has 1 aliphatic rings. The molecular formula is C13H17BrFNO. The minimum atomic E-state index is -0.517. The normalized spacial score (nSPS) is 20.5. The van der Waals surface area contributed by atoms with E-state index in [1.54, 1.807) is 0 Å². The Morgan fingerprint density at radius 2 is 2.06 bits per heavy atom. The second kappa shape index (κ2) is 5.04. The van der Waals surface area contributed by atoms with Gasteiger partial charge in [0.05, 0.1) is 5.60 Å². The summed E-state index contributed by atoms with van der Waals surface area (Å²) in [6.45, 7) is 4.46. The topological polar surface area (TPSA) is 23.5 Å². The van der Waals surface area contributed by atoms with Gasteiger partial charge in [0.2, 0.25) is 0 Å². The molecule has 0 spiro atoms. The molecule has 0 aliphatic carbocycles. The van der Waals surface area contributed by atoms with Crippen LogP contribution in [-0.4, -0.2) is 28.7 Å². The standard InChI is InChI=1S/C13H17BrFNO/c1-13(17)4-6-16(7-5-13)9-10-2-3-11(15)8-12(10)14/h2-3,8,17H,4-7,9H2,1H3. The molecule has 0 bridgehead atoms. The quantitative estimate of drug-likeness (QED) is 0.908. The number of halogens is 2. The lowest BCUT2D eigenvalue weighted by Gasteiger charge is -2.35. The van der Waals surface area contributed by atoms with Gasteiger partial charge in [-0.1, -0.05) is 22.0 Å². The highest BCUT2D eigenvalue weighted by Crippen LogP contribution is 2.25. The van der Waals surface area contributed by atoms with Gasteiger partial charge in [-0.25, -0.2) is 4.39 Å². The van der Waals surface area contributed by atoms with E-state index >= 15 is 0 Å². The van der Waals surface area contributed by atoms with Crippen LogP contribution < -0.4 is 0 Å². The Bertz CT molecular complexity index is 398. The van der Waals surface area contributed by atoms with Crippen LogP contribution in [0.4, 0.5) is 4.39 Å². The second-order valence-corrected chi connectivity index (χ2v) is 5.86. The third kappa shape index (κ3) is 3.50. The van der Waals surface area contributed by atoms with E-state index in [0.29, 0.717) is 0 Å². The third-order valence-electron chi connectivity index (χ3n) is 3.34. The molecule has 0 amide bonds. The van der Waals surface area contributed by atoms with Gasteiger partial charge in [-0.05, 0) is 37.5 Å². The highest BCUT2D eigenvalue weighted by atomic mass is 79.9. The molecule has 2 nitrogen and oxygen atoms in total. The van der Waals surface area contributed by atoms with Gasteiger partial charge in [-0.2, -0.15) is 0 Å². The lowest BCUT2D eigenvalue weighted by molar-refractivity contribution is -0.00734. The molecule has 1 fully saturated rings. The van der Waals surface area contributed by atoms with Crippen molar-refractivity contribution in [2.75, 3.05) is 13.1 Å². The summed E-state index contributed by atoms with van der Waals surface area (Å²) in [5.41, 5.74) is 0.573. The zero-order valence-corrected chi connectivity index (χ0v) is 11.5. The number of rotatable bonds is 2. The van der Waals surface area contributed by atoms with Crippen LogP contribution >= 0.6 is 15.9 Å². The number of benzene rings is 1. The van der Waals surface area contributed by atoms with E-state index in [2.05, 4.69) is 20.8 Å². The first-order valence-electron chi connectivity index (χ1n) is 5.85. The molecule has 4 heteroatoms. The van der Waals surface area contributed by atoms with Crippen molar-refractivity contribution in [2.45, 2.75) is 31.9 Å². The molecule has 1 aromatic carbocycles. The van der Waals surface area contributed by atoms with Crippen LogP contribution in [-0.2, 0) is 6.54 Å². The van der Waals surface area contributed by atoms with Crippen molar-refractivity contribution in [3.05, 3.63) is 34.1 Å². The Balaban J connectivity index is 1.98. The summed E-state index contributed by atoms with van der Waals surface area (Å²) in [6.07, 6.45) is 1.59. The number of hydrogen-bond donors (Lipinski definition) is 1. The van der Waals surface area contributed by atoms with Crippen LogP contribution in [0.2, 0.25) is 0 Å². The molecule has 1 aliphatic heterocycles. The highest BCUT2D eigenvalue weighted by molar-refractivity contribution is 9.10. The van der Waals surface area contributed by atoms with Crippen molar-refractivity contribution in [2.24, 2.45) is 0 Å². The average molecular weight is 302 g/mol. The molecule has 94 valence electrons. The Kier molecular flexibility index (Phi) is 3.85. The predicted molar refractivity (Wildman–Crippen MR) is 69.2 cm³/mol. The molecule has 1 aromatic rings. The van der Waals surface area contributed by atoms with Crippen molar-refractivity contribution in [3.8, 4) is 0 Å². The minimum Gasteiger partial charge on any atom is -0.390 e. The summed E-state index contributed by atoms with van der Waals surface area (Å²) in [5, 5.41) is 9.86. The number of aliphatic hydroxyl groups is 1. The fourth-order valence-electron chi connectivity index (χ4n) is 2.08. The summed E-state index contributed by atoms with van der Waals surface area (Å²) in [4.78, 5) is 2.29. The number of piperidine rings is 1. The van der Waals surface area contributed by atoms with Gasteiger partial charge in [0, 0.05) is 24.1 Å². The van der Waals surface area contributed by atoms with Crippen LogP contribution in [0.1, 0.15) is 25.3 Å². The number of likely N-dealkylation sites (tertiary alicyclic amines) is 1. The lowest BCUT2D eigenvalue weighted by atomic mass is 9.93. The maximum absolute atomic E-state index is 13.0. The van der Waals surface area contributed by atoms with Crippen LogP contribution in [0.5, 0.6) is 0 Å². The van der Waals surface area contributed by atoms with Gasteiger partial charge in [0.25, 0.3) is 0 Å². The SMILES string of the molecule is CC1(O)CCN(Cc2ccc(F)cc2Br)CC1. The first-order valence-corrected chi connectivity index (χ1v) is 6.64. The fraction of sp³-hybridized carbons (Fsp3) is 0.538.